The summed E-state index contributed by atoms with van der Waals surface area (Å²) in [6, 6.07) is 21.8. The fraction of sp³-hybridized carbons (Fsp3) is 0.400. The maximum absolute atomic E-state index is 13.5. The number of nitrogens with zero attached hydrogens (tertiary/aromatic N) is 10. The molecule has 0 atom stereocenters. The molecule has 4 aliphatic rings. The van der Waals surface area contributed by atoms with Crippen LogP contribution in [0.3, 0.4) is 0 Å². The van der Waals surface area contributed by atoms with E-state index in [-0.39, 0.29) is 43.4 Å². The third-order valence-corrected chi connectivity index (χ3v) is 12.4. The zero-order chi connectivity index (χ0) is 46.2. The first kappa shape index (κ1) is 46.8. The lowest BCUT2D eigenvalue weighted by Crippen LogP contribution is -2.59. The number of hydrogen-bond acceptors (Lipinski definition) is 13. The number of benzene rings is 2. The molecule has 0 bridgehead atoms. The third-order valence-electron chi connectivity index (χ3n) is 11.9. The molecule has 2 N–H and O–H groups in total. The van der Waals surface area contributed by atoms with Crippen molar-refractivity contribution in [1.29, 1.82) is 0 Å². The Morgan fingerprint density at radius 3 is 1.48 bits per heavy atom. The SMILES string of the molecule is NCC(=O)c1ccc(CN(C(=O)N2CCN(C3COC3)CC2)c2ccc(Cl)cc2)nc1.O=C(N1CCN(C2COC2)CC1)N(Cc1ccc(-c2nnc(C(F)F)o2)cn1)c1ccc(Cl)cc1. The second-order valence-electron chi connectivity index (χ2n) is 16.1. The largest absolute Gasteiger partial charge is 0.415 e. The number of alkyl halides is 2. The first-order valence-corrected chi connectivity index (χ1v) is 22.3. The van der Waals surface area contributed by atoms with E-state index < -0.39 is 12.3 Å². The van der Waals surface area contributed by atoms with Crippen LogP contribution in [0.4, 0.5) is 29.7 Å². The highest BCUT2D eigenvalue weighted by Crippen LogP contribution is 2.27. The number of ketones is 1. The molecular formula is C45H49Cl2F2N11O6. The maximum atomic E-state index is 13.5. The second-order valence-corrected chi connectivity index (χ2v) is 16.9. The van der Waals surface area contributed by atoms with Crippen molar-refractivity contribution in [2.24, 2.45) is 5.73 Å². The van der Waals surface area contributed by atoms with Crippen LogP contribution in [-0.2, 0) is 22.6 Å². The van der Waals surface area contributed by atoms with Crippen molar-refractivity contribution in [2.75, 3.05) is 95.1 Å². The van der Waals surface area contributed by atoms with Gasteiger partial charge in [0.25, 0.3) is 5.89 Å². The molecule has 348 valence electrons. The van der Waals surface area contributed by atoms with Gasteiger partial charge in [0.05, 0.1) is 75.1 Å². The van der Waals surface area contributed by atoms with Gasteiger partial charge in [-0.2, -0.15) is 8.78 Å². The van der Waals surface area contributed by atoms with Crippen molar-refractivity contribution in [3.8, 4) is 11.5 Å². The summed E-state index contributed by atoms with van der Waals surface area (Å²) in [5, 5.41) is 8.15. The van der Waals surface area contributed by atoms with Gasteiger partial charge in [-0.25, -0.2) is 9.59 Å². The Morgan fingerprint density at radius 2 is 1.12 bits per heavy atom. The molecule has 5 aromatic rings. The Labute approximate surface area is 389 Å². The van der Waals surface area contributed by atoms with Crippen molar-refractivity contribution in [2.45, 2.75) is 31.6 Å². The Bertz CT molecular complexity index is 2390. The fourth-order valence-electron chi connectivity index (χ4n) is 7.76. The summed E-state index contributed by atoms with van der Waals surface area (Å²) in [6.07, 6.45) is 0.127. The van der Waals surface area contributed by atoms with Crippen LogP contribution in [0.25, 0.3) is 11.5 Å². The van der Waals surface area contributed by atoms with E-state index in [0.29, 0.717) is 76.5 Å². The molecule has 17 nitrogen and oxygen atoms in total. The number of amides is 4. The molecule has 2 aromatic carbocycles. The average Bonchev–Trinajstić information content (AvgIpc) is 3.81. The molecule has 4 saturated heterocycles. The molecule has 4 amide bonds. The Balaban J connectivity index is 0.000000181. The molecule has 21 heteroatoms. The van der Waals surface area contributed by atoms with Gasteiger partial charge in [-0.3, -0.25) is 34.4 Å². The van der Waals surface area contributed by atoms with Gasteiger partial charge in [-0.1, -0.05) is 23.2 Å². The molecule has 4 fully saturated rings. The Hall–Kier alpha value is -5.67. The molecule has 7 heterocycles. The molecule has 3 aromatic heterocycles. The number of hydrogen-bond donors (Lipinski definition) is 1. The number of rotatable bonds is 12. The van der Waals surface area contributed by atoms with Crippen molar-refractivity contribution in [3.05, 3.63) is 118 Å². The van der Waals surface area contributed by atoms with Crippen molar-refractivity contribution < 1.29 is 37.1 Å². The quantitative estimate of drug-likeness (QED) is 0.147. The molecule has 0 radical (unpaired) electrons. The molecule has 0 spiro atoms. The molecule has 9 rings (SSSR count). The Morgan fingerprint density at radius 1 is 0.652 bits per heavy atom. The van der Waals surface area contributed by atoms with Crippen LogP contribution in [0, 0.1) is 0 Å². The smallest absolute Gasteiger partial charge is 0.324 e. The monoisotopic (exact) mass is 947 g/mol. The summed E-state index contributed by atoms with van der Waals surface area (Å²) in [7, 11) is 0. The van der Waals surface area contributed by atoms with Crippen molar-refractivity contribution in [3.63, 3.8) is 0 Å². The van der Waals surface area contributed by atoms with Crippen LogP contribution < -0.4 is 15.5 Å². The fourth-order valence-corrected chi connectivity index (χ4v) is 8.01. The number of piperazine rings is 2. The predicted octanol–water partition coefficient (Wildman–Crippen LogP) is 5.89. The number of carbonyl (C=O) groups is 3. The lowest BCUT2D eigenvalue weighted by molar-refractivity contribution is -0.0738. The van der Waals surface area contributed by atoms with E-state index >= 15 is 0 Å². The summed E-state index contributed by atoms with van der Waals surface area (Å²) in [5.74, 6) is -0.951. The number of urea groups is 2. The van der Waals surface area contributed by atoms with Crippen LogP contribution >= 0.6 is 23.2 Å². The summed E-state index contributed by atoms with van der Waals surface area (Å²) in [5.41, 5.74) is 9.02. The standard InChI is InChI=1S/C23H23ClF2N6O3.C22H26ClN5O3/c24-16-2-5-18(6-3-16)32(23(33)31-9-7-30(8-10-31)19-13-34-14-19)12-17-4-1-15(11-27-17)21-28-29-22(35-21)20(25)26;23-17-2-5-19(6-3-17)28(13-18-4-1-16(12-25-18)21(29)11-24)22(30)27-9-7-26(8-10-27)20-14-31-15-20/h1-6,11,19-20H,7-10,12-14H2;1-6,12,20H,7-11,13-15,24H2. The highest BCUT2D eigenvalue weighted by molar-refractivity contribution is 6.31. The number of aromatic nitrogens is 4. The first-order valence-electron chi connectivity index (χ1n) is 21.6. The van der Waals surface area contributed by atoms with Crippen molar-refractivity contribution >= 4 is 52.4 Å². The van der Waals surface area contributed by atoms with E-state index in [1.54, 1.807) is 70.5 Å². The zero-order valence-corrected chi connectivity index (χ0v) is 37.4. The topological polar surface area (TPSA) is 180 Å². The minimum Gasteiger partial charge on any atom is -0.415 e. The van der Waals surface area contributed by atoms with E-state index in [2.05, 4.69) is 30.0 Å². The van der Waals surface area contributed by atoms with Gasteiger partial charge in [-0.15, -0.1) is 10.2 Å². The second kappa shape index (κ2) is 21.8. The summed E-state index contributed by atoms with van der Waals surface area (Å²) in [4.78, 5) is 59.3. The first-order chi connectivity index (χ1) is 32.0. The molecule has 0 saturated carbocycles. The van der Waals surface area contributed by atoms with Crippen molar-refractivity contribution in [1.82, 2.24) is 39.8 Å². The lowest BCUT2D eigenvalue weighted by atomic mass is 10.1. The van der Waals surface area contributed by atoms with Crippen LogP contribution in [0.15, 0.2) is 89.6 Å². The lowest BCUT2D eigenvalue weighted by Gasteiger charge is -2.43. The zero-order valence-electron chi connectivity index (χ0n) is 35.9. The number of Topliss-reactive ketones (excluding diaryl/α,β-unsaturated/α-hetero) is 1. The van der Waals surface area contributed by atoms with Gasteiger partial charge < -0.3 is 29.4 Å². The van der Waals surface area contributed by atoms with Gasteiger partial charge >= 0.3 is 18.5 Å². The molecule has 66 heavy (non-hydrogen) atoms. The van der Waals surface area contributed by atoms with E-state index in [1.807, 2.05) is 21.9 Å². The van der Waals surface area contributed by atoms with Crippen LogP contribution in [0.5, 0.6) is 0 Å². The predicted molar refractivity (Wildman–Crippen MR) is 242 cm³/mol. The van der Waals surface area contributed by atoms with Gasteiger partial charge in [-0.05, 0) is 72.8 Å². The summed E-state index contributed by atoms with van der Waals surface area (Å²) in [6.45, 7) is 9.33. The molecule has 0 unspecified atom stereocenters. The summed E-state index contributed by atoms with van der Waals surface area (Å²) < 4.78 is 41.0. The number of nitrogens with two attached hydrogens (primary N) is 1. The van der Waals surface area contributed by atoms with E-state index in [4.69, 9.17) is 42.8 Å². The number of pyridine rings is 2. The Kier molecular flexibility index (Phi) is 15.4. The van der Waals surface area contributed by atoms with Crippen LogP contribution in [0.1, 0.15) is 34.1 Å². The van der Waals surface area contributed by atoms with Gasteiger partial charge in [0, 0.05) is 91.7 Å². The van der Waals surface area contributed by atoms with Crippen LogP contribution in [0.2, 0.25) is 10.0 Å². The normalized spacial score (nSPS) is 17.1. The van der Waals surface area contributed by atoms with E-state index in [9.17, 15) is 23.2 Å². The summed E-state index contributed by atoms with van der Waals surface area (Å²) >= 11 is 12.1. The average molecular weight is 949 g/mol. The van der Waals surface area contributed by atoms with E-state index in [1.165, 1.54) is 12.4 Å². The maximum Gasteiger partial charge on any atom is 0.324 e. The van der Waals surface area contributed by atoms with Crippen LogP contribution in [-0.4, -0.2) is 155 Å². The van der Waals surface area contributed by atoms with Gasteiger partial charge in [0.2, 0.25) is 5.89 Å². The van der Waals surface area contributed by atoms with Gasteiger partial charge in [0.1, 0.15) is 0 Å². The minimum atomic E-state index is -2.84. The highest BCUT2D eigenvalue weighted by atomic mass is 35.5. The molecule has 0 aliphatic carbocycles. The van der Waals surface area contributed by atoms with E-state index in [0.717, 1.165) is 58.3 Å². The number of halogens is 4. The molecule has 4 aliphatic heterocycles. The number of anilines is 2. The third kappa shape index (κ3) is 11.5. The highest BCUT2D eigenvalue weighted by Gasteiger charge is 2.34. The minimum absolute atomic E-state index is 0.0419. The van der Waals surface area contributed by atoms with Gasteiger partial charge in [0.15, 0.2) is 5.78 Å². The number of carbonyl (C=O) groups excluding carboxylic acids is 3. The number of ether oxygens (including phenoxy) is 2. The molecular weight excluding hydrogens is 899 g/mol.